The minimum absolute atomic E-state index is 0.0478. The number of piperidine rings is 1. The van der Waals surface area contributed by atoms with E-state index in [0.29, 0.717) is 37.4 Å². The van der Waals surface area contributed by atoms with Crippen LogP contribution < -0.4 is 5.32 Å². The van der Waals surface area contributed by atoms with Gasteiger partial charge in [0.25, 0.3) is 5.91 Å². The number of halogens is 2. The van der Waals surface area contributed by atoms with Gasteiger partial charge in [-0.05, 0) is 49.9 Å². The maximum absolute atomic E-state index is 14.3. The van der Waals surface area contributed by atoms with Crippen LogP contribution >= 0.6 is 22.9 Å². The summed E-state index contributed by atoms with van der Waals surface area (Å²) < 4.78 is 19.4. The SMILES string of the molecule is COC(=O)C(c1cccc(Nc2ncc(C)s2)n1)C1CCN(C(=O)c2cccc(Cl)c2F)CC1. The number of esters is 1. The summed E-state index contributed by atoms with van der Waals surface area (Å²) in [5.41, 5.74) is 0.545. The van der Waals surface area contributed by atoms with Gasteiger partial charge < -0.3 is 15.0 Å². The molecule has 34 heavy (non-hydrogen) atoms. The zero-order chi connectivity index (χ0) is 24.2. The third-order valence-electron chi connectivity index (χ3n) is 5.88. The molecule has 3 aromatic rings. The second-order valence-electron chi connectivity index (χ2n) is 8.08. The van der Waals surface area contributed by atoms with E-state index < -0.39 is 17.6 Å². The summed E-state index contributed by atoms with van der Waals surface area (Å²) in [6.45, 7) is 2.75. The molecule has 0 bridgehead atoms. The molecule has 1 aromatic carbocycles. The molecule has 10 heteroatoms. The van der Waals surface area contributed by atoms with Crippen molar-refractivity contribution in [2.45, 2.75) is 25.7 Å². The molecule has 1 atom stereocenters. The molecule has 4 rings (SSSR count). The van der Waals surface area contributed by atoms with Gasteiger partial charge in [-0.25, -0.2) is 14.4 Å². The Morgan fingerprint density at radius 2 is 1.97 bits per heavy atom. The van der Waals surface area contributed by atoms with Crippen LogP contribution in [0, 0.1) is 18.7 Å². The van der Waals surface area contributed by atoms with Gasteiger partial charge in [0.1, 0.15) is 11.7 Å². The monoisotopic (exact) mass is 502 g/mol. The van der Waals surface area contributed by atoms with Gasteiger partial charge in [0.2, 0.25) is 0 Å². The number of anilines is 2. The summed E-state index contributed by atoms with van der Waals surface area (Å²) in [6.07, 6.45) is 2.88. The van der Waals surface area contributed by atoms with Crippen LogP contribution in [0.5, 0.6) is 0 Å². The highest BCUT2D eigenvalue weighted by Crippen LogP contribution is 2.34. The molecule has 2 aromatic heterocycles. The largest absolute Gasteiger partial charge is 0.468 e. The van der Waals surface area contributed by atoms with E-state index in [1.54, 1.807) is 23.2 Å². The van der Waals surface area contributed by atoms with Crippen molar-refractivity contribution < 1.29 is 18.7 Å². The van der Waals surface area contributed by atoms with Gasteiger partial charge in [-0.15, -0.1) is 11.3 Å². The standard InChI is InChI=1S/C24H24ClFN4O3S/c1-14-13-27-24(34-14)29-19-8-4-7-18(28-19)20(23(32)33-2)15-9-11-30(12-10-15)22(31)16-5-3-6-17(25)21(16)26/h3-8,13,15,20H,9-12H2,1-2H3,(H,27,28,29). The normalized spacial score (nSPS) is 15.1. The number of methoxy groups -OCH3 is 1. The topological polar surface area (TPSA) is 84.4 Å². The van der Waals surface area contributed by atoms with E-state index in [4.69, 9.17) is 16.3 Å². The van der Waals surface area contributed by atoms with Crippen molar-refractivity contribution in [1.29, 1.82) is 0 Å². The molecule has 7 nitrogen and oxygen atoms in total. The molecule has 0 radical (unpaired) electrons. The fraction of sp³-hybridized carbons (Fsp3) is 0.333. The van der Waals surface area contributed by atoms with E-state index in [1.807, 2.05) is 19.1 Å². The van der Waals surface area contributed by atoms with Crippen molar-refractivity contribution >= 4 is 45.8 Å². The Hall–Kier alpha value is -3.04. The summed E-state index contributed by atoms with van der Waals surface area (Å²) in [4.78, 5) is 37.2. The van der Waals surface area contributed by atoms with Crippen LogP contribution in [0.4, 0.5) is 15.3 Å². The lowest BCUT2D eigenvalue weighted by atomic mass is 9.82. The van der Waals surface area contributed by atoms with Crippen LogP contribution in [0.25, 0.3) is 0 Å². The average molecular weight is 503 g/mol. The maximum atomic E-state index is 14.3. The predicted octanol–water partition coefficient (Wildman–Crippen LogP) is 5.19. The average Bonchev–Trinajstić information content (AvgIpc) is 3.25. The highest BCUT2D eigenvalue weighted by atomic mass is 35.5. The molecule has 1 N–H and O–H groups in total. The van der Waals surface area contributed by atoms with Crippen molar-refractivity contribution in [2.24, 2.45) is 5.92 Å². The number of amides is 1. The smallest absolute Gasteiger partial charge is 0.315 e. The van der Waals surface area contributed by atoms with E-state index in [1.165, 1.54) is 30.6 Å². The number of aromatic nitrogens is 2. The second-order valence-corrected chi connectivity index (χ2v) is 9.72. The van der Waals surface area contributed by atoms with Crippen LogP contribution in [-0.2, 0) is 9.53 Å². The Morgan fingerprint density at radius 1 is 1.24 bits per heavy atom. The van der Waals surface area contributed by atoms with Crippen molar-refractivity contribution in [2.75, 3.05) is 25.5 Å². The lowest BCUT2D eigenvalue weighted by Gasteiger charge is -2.35. The summed E-state index contributed by atoms with van der Waals surface area (Å²) in [5.74, 6) is -1.57. The van der Waals surface area contributed by atoms with Crippen LogP contribution in [0.15, 0.2) is 42.6 Å². The number of likely N-dealkylation sites (tertiary alicyclic amines) is 1. The highest BCUT2D eigenvalue weighted by molar-refractivity contribution is 7.15. The third kappa shape index (κ3) is 5.20. The molecule has 1 saturated heterocycles. The molecule has 0 saturated carbocycles. The molecule has 1 aliphatic rings. The lowest BCUT2D eigenvalue weighted by Crippen LogP contribution is -2.41. The number of ether oxygens (including phenoxy) is 1. The Labute approximate surface area is 205 Å². The fourth-order valence-corrected chi connectivity index (χ4v) is 5.02. The maximum Gasteiger partial charge on any atom is 0.315 e. The van der Waals surface area contributed by atoms with Gasteiger partial charge >= 0.3 is 5.97 Å². The van der Waals surface area contributed by atoms with Crippen molar-refractivity contribution in [3.63, 3.8) is 0 Å². The number of aryl methyl sites for hydroxylation is 1. The molecule has 1 unspecified atom stereocenters. The summed E-state index contributed by atoms with van der Waals surface area (Å²) in [7, 11) is 1.36. The van der Waals surface area contributed by atoms with Crippen LogP contribution in [0.2, 0.25) is 5.02 Å². The number of carbonyl (C=O) groups is 2. The number of nitrogens with zero attached hydrogens (tertiary/aromatic N) is 3. The van der Waals surface area contributed by atoms with Crippen molar-refractivity contribution in [1.82, 2.24) is 14.9 Å². The first-order valence-corrected chi connectivity index (χ1v) is 12.0. The minimum Gasteiger partial charge on any atom is -0.468 e. The first-order valence-electron chi connectivity index (χ1n) is 10.8. The highest BCUT2D eigenvalue weighted by Gasteiger charge is 2.36. The number of rotatable bonds is 6. The number of hydrogen-bond donors (Lipinski definition) is 1. The van der Waals surface area contributed by atoms with Gasteiger partial charge in [0.05, 0.1) is 23.4 Å². The molecule has 0 aliphatic carbocycles. The Morgan fingerprint density at radius 3 is 2.65 bits per heavy atom. The number of carbonyl (C=O) groups excluding carboxylic acids is 2. The molecule has 178 valence electrons. The molecular formula is C24H24ClFN4O3S. The zero-order valence-corrected chi connectivity index (χ0v) is 20.3. The first kappa shape index (κ1) is 24.1. The Bertz CT molecular complexity index is 1200. The summed E-state index contributed by atoms with van der Waals surface area (Å²) >= 11 is 7.35. The Kier molecular flexibility index (Phi) is 7.43. The van der Waals surface area contributed by atoms with Gasteiger partial charge in [-0.3, -0.25) is 9.59 Å². The second kappa shape index (κ2) is 10.5. The van der Waals surface area contributed by atoms with Gasteiger partial charge in [-0.1, -0.05) is 23.7 Å². The molecule has 0 spiro atoms. The van der Waals surface area contributed by atoms with E-state index in [0.717, 1.165) is 10.0 Å². The van der Waals surface area contributed by atoms with Crippen LogP contribution in [0.3, 0.4) is 0 Å². The predicted molar refractivity (Wildman–Crippen MR) is 129 cm³/mol. The van der Waals surface area contributed by atoms with Crippen LogP contribution in [-0.4, -0.2) is 46.9 Å². The quantitative estimate of drug-likeness (QED) is 0.467. The first-order chi connectivity index (χ1) is 16.4. The third-order valence-corrected chi connectivity index (χ3v) is 7.00. The number of nitrogens with one attached hydrogen (secondary N) is 1. The van der Waals surface area contributed by atoms with Gasteiger partial charge in [-0.2, -0.15) is 0 Å². The van der Waals surface area contributed by atoms with E-state index in [9.17, 15) is 14.0 Å². The Balaban J connectivity index is 1.49. The summed E-state index contributed by atoms with van der Waals surface area (Å²) in [5, 5.41) is 3.81. The number of hydrogen-bond acceptors (Lipinski definition) is 7. The van der Waals surface area contributed by atoms with E-state index >= 15 is 0 Å². The van der Waals surface area contributed by atoms with Gasteiger partial charge in [0.15, 0.2) is 10.9 Å². The number of benzene rings is 1. The number of pyridine rings is 1. The molecule has 1 amide bonds. The minimum atomic E-state index is -0.715. The van der Waals surface area contributed by atoms with Crippen molar-refractivity contribution in [3.05, 3.63) is 69.6 Å². The fourth-order valence-electron chi connectivity index (χ4n) is 4.17. The summed E-state index contributed by atoms with van der Waals surface area (Å²) in [6, 6.07) is 9.85. The zero-order valence-electron chi connectivity index (χ0n) is 18.8. The van der Waals surface area contributed by atoms with Gasteiger partial charge in [0, 0.05) is 24.2 Å². The molecule has 3 heterocycles. The molecule has 1 aliphatic heterocycles. The molecular weight excluding hydrogens is 479 g/mol. The van der Waals surface area contributed by atoms with Crippen molar-refractivity contribution in [3.8, 4) is 0 Å². The van der Waals surface area contributed by atoms with E-state index in [2.05, 4.69) is 15.3 Å². The van der Waals surface area contributed by atoms with Crippen LogP contribution in [0.1, 0.15) is 39.7 Å². The molecule has 1 fully saturated rings. The van der Waals surface area contributed by atoms with E-state index in [-0.39, 0.29) is 22.5 Å². The number of thiazole rings is 1. The lowest BCUT2D eigenvalue weighted by molar-refractivity contribution is -0.144.